The normalized spacial score (nSPS) is 19.5. The van der Waals surface area contributed by atoms with Gasteiger partial charge in [-0.15, -0.1) is 0 Å². The standard InChI is InChI=1S/C35H44FN3O5/c1-5-8-26(9-6-2)39(27-12-14-29(36)23(3)18-27)33(40)21-38-20-28(24-11-16-31-32(19-24)44-22-43-31)34(35(41)42)30(38)15-13-25-10-7-17-37(25)4/h7,10-12,14,16-19,26,28,30,34H,5-6,8-9,13,15,20-22H2,1-4H3,(H,41,42)/t28-,30+,34?/m1/s1. The monoisotopic (exact) mass is 605 g/mol. The molecule has 2 aliphatic rings. The molecule has 3 heterocycles. The van der Waals surface area contributed by atoms with Crippen LogP contribution >= 0.6 is 0 Å². The number of amides is 1. The van der Waals surface area contributed by atoms with Crippen LogP contribution in [0.3, 0.4) is 0 Å². The average molecular weight is 606 g/mol. The number of nitrogens with zero attached hydrogens (tertiary/aromatic N) is 3. The molecule has 44 heavy (non-hydrogen) atoms. The van der Waals surface area contributed by atoms with E-state index in [1.54, 1.807) is 19.1 Å². The van der Waals surface area contributed by atoms with Crippen LogP contribution in [-0.2, 0) is 23.1 Å². The Morgan fingerprint density at radius 3 is 2.48 bits per heavy atom. The molecule has 1 aromatic heterocycles. The summed E-state index contributed by atoms with van der Waals surface area (Å²) in [5.74, 6) is -1.07. The largest absolute Gasteiger partial charge is 0.481 e. The molecule has 0 saturated carbocycles. The summed E-state index contributed by atoms with van der Waals surface area (Å²) in [7, 11) is 1.99. The fourth-order valence-electron chi connectivity index (χ4n) is 7.04. The summed E-state index contributed by atoms with van der Waals surface area (Å²) in [5, 5.41) is 10.6. The highest BCUT2D eigenvalue weighted by Gasteiger charge is 2.47. The molecular formula is C35H44FN3O5. The number of halogens is 1. The number of hydrogen-bond donors (Lipinski definition) is 1. The molecule has 236 valence electrons. The van der Waals surface area contributed by atoms with Gasteiger partial charge in [-0.05, 0) is 86.2 Å². The number of aromatic nitrogens is 1. The Morgan fingerprint density at radius 2 is 1.82 bits per heavy atom. The molecule has 1 fully saturated rings. The number of ether oxygens (including phenoxy) is 2. The van der Waals surface area contributed by atoms with E-state index in [0.717, 1.165) is 36.9 Å². The molecule has 0 aliphatic carbocycles. The van der Waals surface area contributed by atoms with E-state index in [9.17, 15) is 19.1 Å². The molecule has 9 heteroatoms. The Bertz CT molecular complexity index is 1470. The van der Waals surface area contributed by atoms with Gasteiger partial charge in [0.15, 0.2) is 11.5 Å². The predicted molar refractivity (Wildman–Crippen MR) is 168 cm³/mol. The number of aryl methyl sites for hydroxylation is 3. The number of hydrogen-bond acceptors (Lipinski definition) is 5. The lowest BCUT2D eigenvalue weighted by atomic mass is 9.83. The summed E-state index contributed by atoms with van der Waals surface area (Å²) >= 11 is 0. The van der Waals surface area contributed by atoms with Crippen LogP contribution in [0.2, 0.25) is 0 Å². The quantitative estimate of drug-likeness (QED) is 0.246. The Kier molecular flexibility index (Phi) is 9.93. The van der Waals surface area contributed by atoms with Gasteiger partial charge in [-0.3, -0.25) is 14.5 Å². The highest BCUT2D eigenvalue weighted by atomic mass is 19.1. The Morgan fingerprint density at radius 1 is 1.07 bits per heavy atom. The van der Waals surface area contributed by atoms with Crippen molar-refractivity contribution in [2.75, 3.05) is 24.8 Å². The van der Waals surface area contributed by atoms with Crippen LogP contribution < -0.4 is 14.4 Å². The van der Waals surface area contributed by atoms with Crippen molar-refractivity contribution >= 4 is 17.6 Å². The molecule has 1 N–H and O–H groups in total. The number of likely N-dealkylation sites (tertiary alicyclic amines) is 1. The van der Waals surface area contributed by atoms with Crippen LogP contribution in [0.4, 0.5) is 10.1 Å². The second-order valence-electron chi connectivity index (χ2n) is 12.2. The zero-order valence-electron chi connectivity index (χ0n) is 26.2. The lowest BCUT2D eigenvalue weighted by molar-refractivity contribution is -0.143. The first-order chi connectivity index (χ1) is 21.2. The van der Waals surface area contributed by atoms with Crippen LogP contribution in [0.1, 0.15) is 68.7 Å². The number of aliphatic carboxylic acids is 1. The van der Waals surface area contributed by atoms with Gasteiger partial charge < -0.3 is 24.0 Å². The Labute approximate surface area is 259 Å². The molecule has 1 amide bonds. The van der Waals surface area contributed by atoms with Crippen LogP contribution in [0.5, 0.6) is 11.5 Å². The number of benzene rings is 2. The fraction of sp³-hybridized carbons (Fsp3) is 0.486. The van der Waals surface area contributed by atoms with Gasteiger partial charge >= 0.3 is 5.97 Å². The molecule has 3 atom stereocenters. The summed E-state index contributed by atoms with van der Waals surface area (Å²) in [6, 6.07) is 14.1. The van der Waals surface area contributed by atoms with E-state index >= 15 is 0 Å². The van der Waals surface area contributed by atoms with Crippen molar-refractivity contribution in [3.63, 3.8) is 0 Å². The third-order valence-electron chi connectivity index (χ3n) is 9.24. The summed E-state index contributed by atoms with van der Waals surface area (Å²) in [6.07, 6.45) is 6.72. The van der Waals surface area contributed by atoms with Crippen molar-refractivity contribution in [3.8, 4) is 11.5 Å². The Balaban J connectivity index is 1.49. The molecule has 2 aliphatic heterocycles. The average Bonchev–Trinajstić information content (AvgIpc) is 3.72. The number of carboxylic acid groups (broad SMARTS) is 1. The third kappa shape index (κ3) is 6.62. The van der Waals surface area contributed by atoms with Crippen molar-refractivity contribution in [1.82, 2.24) is 9.47 Å². The second kappa shape index (κ2) is 13.8. The molecule has 8 nitrogen and oxygen atoms in total. The number of carboxylic acids is 1. The zero-order valence-corrected chi connectivity index (χ0v) is 26.2. The second-order valence-corrected chi connectivity index (χ2v) is 12.2. The first kappa shape index (κ1) is 31.6. The molecule has 0 bridgehead atoms. The van der Waals surface area contributed by atoms with Crippen LogP contribution in [-0.4, -0.2) is 58.4 Å². The van der Waals surface area contributed by atoms with Gasteiger partial charge in [0, 0.05) is 49.2 Å². The van der Waals surface area contributed by atoms with Gasteiger partial charge in [-0.2, -0.15) is 0 Å². The zero-order chi connectivity index (χ0) is 31.4. The number of anilines is 1. The summed E-state index contributed by atoms with van der Waals surface area (Å²) < 4.78 is 27.5. The van der Waals surface area contributed by atoms with Gasteiger partial charge in [0.25, 0.3) is 0 Å². The molecule has 0 radical (unpaired) electrons. The van der Waals surface area contributed by atoms with E-state index in [0.29, 0.717) is 42.1 Å². The van der Waals surface area contributed by atoms with Gasteiger partial charge in [-0.25, -0.2) is 4.39 Å². The highest BCUT2D eigenvalue weighted by Crippen LogP contribution is 2.43. The molecular weight excluding hydrogens is 561 g/mol. The highest BCUT2D eigenvalue weighted by molar-refractivity contribution is 5.95. The van der Waals surface area contributed by atoms with Crippen molar-refractivity contribution in [3.05, 3.63) is 77.4 Å². The third-order valence-corrected chi connectivity index (χ3v) is 9.24. The minimum absolute atomic E-state index is 0.0355. The molecule has 1 unspecified atom stereocenters. The van der Waals surface area contributed by atoms with Crippen molar-refractivity contribution in [1.29, 1.82) is 0 Å². The number of carbonyl (C=O) groups is 2. The van der Waals surface area contributed by atoms with Crippen molar-refractivity contribution in [2.45, 2.75) is 77.3 Å². The maximum atomic E-state index is 14.4. The minimum Gasteiger partial charge on any atom is -0.481 e. The smallest absolute Gasteiger partial charge is 0.308 e. The maximum absolute atomic E-state index is 14.4. The maximum Gasteiger partial charge on any atom is 0.308 e. The lowest BCUT2D eigenvalue weighted by Gasteiger charge is -2.35. The van der Waals surface area contributed by atoms with Gasteiger partial charge in [0.05, 0.1) is 12.5 Å². The van der Waals surface area contributed by atoms with Crippen LogP contribution in [0, 0.1) is 18.7 Å². The van der Waals surface area contributed by atoms with E-state index in [-0.39, 0.29) is 43.1 Å². The molecule has 0 spiro atoms. The van der Waals surface area contributed by atoms with Crippen molar-refractivity contribution in [2.24, 2.45) is 13.0 Å². The first-order valence-electron chi connectivity index (χ1n) is 15.8. The van der Waals surface area contributed by atoms with E-state index in [4.69, 9.17) is 9.47 Å². The summed E-state index contributed by atoms with van der Waals surface area (Å²) in [4.78, 5) is 31.3. The number of fused-ring (bicyclic) bond motifs is 1. The number of carbonyl (C=O) groups excluding carboxylic acids is 1. The molecule has 1 saturated heterocycles. The van der Waals surface area contributed by atoms with Gasteiger partial charge in [0.1, 0.15) is 5.82 Å². The topological polar surface area (TPSA) is 84.2 Å². The number of rotatable bonds is 13. The van der Waals surface area contributed by atoms with E-state index in [2.05, 4.69) is 18.7 Å². The van der Waals surface area contributed by atoms with Gasteiger partial charge in [0.2, 0.25) is 12.7 Å². The minimum atomic E-state index is -0.875. The molecule has 2 aromatic carbocycles. The van der Waals surface area contributed by atoms with Crippen molar-refractivity contribution < 1.29 is 28.6 Å². The molecule has 5 rings (SSSR count). The summed E-state index contributed by atoms with van der Waals surface area (Å²) in [5.41, 5.74) is 3.15. The van der Waals surface area contributed by atoms with E-state index in [1.807, 2.05) is 53.0 Å². The Hall–Kier alpha value is -3.85. The van der Waals surface area contributed by atoms with E-state index < -0.39 is 11.9 Å². The molecule has 3 aromatic rings. The van der Waals surface area contributed by atoms with E-state index in [1.165, 1.54) is 6.07 Å². The van der Waals surface area contributed by atoms with Crippen LogP contribution in [0.25, 0.3) is 0 Å². The summed E-state index contributed by atoms with van der Waals surface area (Å²) in [6.45, 7) is 6.56. The van der Waals surface area contributed by atoms with Crippen LogP contribution in [0.15, 0.2) is 54.7 Å². The first-order valence-corrected chi connectivity index (χ1v) is 15.8. The SMILES string of the molecule is CCCC(CCC)N(C(=O)CN1C[C@H](c2ccc3c(c2)OCO3)C(C(=O)O)[C@@H]1CCc1cccn1C)c1ccc(F)c(C)c1. The van der Waals surface area contributed by atoms with Gasteiger partial charge in [-0.1, -0.05) is 32.8 Å². The predicted octanol–water partition coefficient (Wildman–Crippen LogP) is 6.30. The lowest BCUT2D eigenvalue weighted by Crippen LogP contribution is -2.48. The fourth-order valence-corrected chi connectivity index (χ4v) is 7.04.